The predicted molar refractivity (Wildman–Crippen MR) is 95.1 cm³/mol. The van der Waals surface area contributed by atoms with Crippen LogP contribution < -0.4 is 5.32 Å². The van der Waals surface area contributed by atoms with E-state index in [1.165, 1.54) is 5.52 Å². The van der Waals surface area contributed by atoms with Crippen molar-refractivity contribution >= 4 is 16.7 Å². The third-order valence-corrected chi connectivity index (χ3v) is 4.64. The number of aromatic nitrogens is 4. The lowest BCUT2D eigenvalue weighted by Gasteiger charge is -2.23. The van der Waals surface area contributed by atoms with E-state index >= 15 is 0 Å². The first-order valence-electron chi connectivity index (χ1n) is 8.56. The van der Waals surface area contributed by atoms with E-state index in [1.54, 1.807) is 0 Å². The summed E-state index contributed by atoms with van der Waals surface area (Å²) < 4.78 is 9.70. The molecular formula is C18H23N5O. The summed E-state index contributed by atoms with van der Waals surface area (Å²) in [5.41, 5.74) is 3.33. The molecule has 1 fully saturated rings. The summed E-state index contributed by atoms with van der Waals surface area (Å²) in [5.74, 6) is 0.940. The summed E-state index contributed by atoms with van der Waals surface area (Å²) in [5, 5.41) is 4.70. The van der Waals surface area contributed by atoms with Gasteiger partial charge in [-0.25, -0.2) is 9.97 Å². The van der Waals surface area contributed by atoms with Gasteiger partial charge in [0.25, 0.3) is 0 Å². The molecule has 0 aromatic carbocycles. The molecule has 0 spiro atoms. The molecule has 0 amide bonds. The van der Waals surface area contributed by atoms with Gasteiger partial charge in [0.05, 0.1) is 17.5 Å². The maximum atomic E-state index is 5.43. The molecule has 6 nitrogen and oxygen atoms in total. The number of ether oxygens (including phenoxy) is 1. The largest absolute Gasteiger partial charge is 0.381 e. The molecule has 0 bridgehead atoms. The van der Waals surface area contributed by atoms with Crippen LogP contribution in [0.25, 0.3) is 22.3 Å². The highest BCUT2D eigenvalue weighted by molar-refractivity contribution is 5.87. The van der Waals surface area contributed by atoms with Gasteiger partial charge in [-0.2, -0.15) is 0 Å². The van der Waals surface area contributed by atoms with Crippen LogP contribution in [-0.2, 0) is 18.3 Å². The smallest absolute Gasteiger partial charge is 0.128 e. The number of pyridine rings is 1. The predicted octanol–water partition coefficient (Wildman–Crippen LogP) is 3.05. The first-order valence-corrected chi connectivity index (χ1v) is 8.56. The number of fused-ring (bicyclic) bond motifs is 1. The molecule has 0 atom stereocenters. The van der Waals surface area contributed by atoms with Gasteiger partial charge >= 0.3 is 0 Å². The molecule has 3 aromatic heterocycles. The highest BCUT2D eigenvalue weighted by atomic mass is 16.5. The average Bonchev–Trinajstić information content (AvgIpc) is 3.18. The number of anilines is 1. The van der Waals surface area contributed by atoms with Crippen molar-refractivity contribution in [2.45, 2.75) is 32.4 Å². The molecule has 4 rings (SSSR count). The third-order valence-electron chi connectivity index (χ3n) is 4.64. The summed E-state index contributed by atoms with van der Waals surface area (Å²) in [6.45, 7) is 4.72. The lowest BCUT2D eigenvalue weighted by atomic mass is 10.1. The number of hydrogen-bond donors (Lipinski definition) is 1. The van der Waals surface area contributed by atoms with Gasteiger partial charge in [0, 0.05) is 56.7 Å². The van der Waals surface area contributed by atoms with Gasteiger partial charge in [-0.1, -0.05) is 0 Å². The zero-order valence-electron chi connectivity index (χ0n) is 14.2. The quantitative estimate of drug-likeness (QED) is 0.801. The summed E-state index contributed by atoms with van der Waals surface area (Å²) in [4.78, 5) is 9.10. The second kappa shape index (κ2) is 6.28. The molecule has 1 aliphatic heterocycles. The van der Waals surface area contributed by atoms with Gasteiger partial charge in [-0.3, -0.25) is 0 Å². The summed E-state index contributed by atoms with van der Waals surface area (Å²) in [6, 6.07) is 4.77. The Morgan fingerprint density at radius 1 is 1.25 bits per heavy atom. The van der Waals surface area contributed by atoms with E-state index in [1.807, 2.05) is 24.1 Å². The second-order valence-electron chi connectivity index (χ2n) is 6.36. The van der Waals surface area contributed by atoms with Crippen molar-refractivity contribution in [3.63, 3.8) is 0 Å². The molecule has 0 radical (unpaired) electrons. The highest BCUT2D eigenvalue weighted by Crippen LogP contribution is 2.28. The zero-order chi connectivity index (χ0) is 16.5. The van der Waals surface area contributed by atoms with Gasteiger partial charge in [0.15, 0.2) is 0 Å². The van der Waals surface area contributed by atoms with Crippen molar-refractivity contribution in [1.82, 2.24) is 19.1 Å². The highest BCUT2D eigenvalue weighted by Gasteiger charge is 2.16. The Hall–Kier alpha value is -2.34. The van der Waals surface area contributed by atoms with Crippen molar-refractivity contribution in [1.29, 1.82) is 0 Å². The second-order valence-corrected chi connectivity index (χ2v) is 6.36. The molecule has 24 heavy (non-hydrogen) atoms. The van der Waals surface area contributed by atoms with Gasteiger partial charge < -0.3 is 19.2 Å². The fourth-order valence-electron chi connectivity index (χ4n) is 3.38. The average molecular weight is 325 g/mol. The minimum Gasteiger partial charge on any atom is -0.381 e. The Morgan fingerprint density at radius 3 is 2.79 bits per heavy atom. The Balaban J connectivity index is 1.70. The molecule has 0 aliphatic carbocycles. The summed E-state index contributed by atoms with van der Waals surface area (Å²) in [7, 11) is 1.99. The molecule has 1 aliphatic rings. The molecular weight excluding hydrogens is 302 g/mol. The normalized spacial score (nSPS) is 15.9. The van der Waals surface area contributed by atoms with Crippen molar-refractivity contribution in [3.05, 3.63) is 30.9 Å². The minimum absolute atomic E-state index is 0.448. The fourth-order valence-corrected chi connectivity index (χ4v) is 3.38. The number of hydrogen-bond acceptors (Lipinski definition) is 4. The lowest BCUT2D eigenvalue weighted by molar-refractivity contribution is 0.0904. The van der Waals surface area contributed by atoms with Crippen molar-refractivity contribution in [2.75, 3.05) is 18.5 Å². The van der Waals surface area contributed by atoms with Crippen LogP contribution in [0.4, 0.5) is 5.82 Å². The van der Waals surface area contributed by atoms with Crippen LogP contribution in [-0.4, -0.2) is 38.4 Å². The minimum atomic E-state index is 0.448. The number of aryl methyl sites for hydroxylation is 2. The van der Waals surface area contributed by atoms with E-state index in [0.29, 0.717) is 6.04 Å². The number of rotatable bonds is 4. The van der Waals surface area contributed by atoms with E-state index in [2.05, 4.69) is 45.1 Å². The molecule has 1 saturated heterocycles. The van der Waals surface area contributed by atoms with Crippen molar-refractivity contribution in [2.24, 2.45) is 7.05 Å². The topological polar surface area (TPSA) is 56.9 Å². The Bertz CT molecular complexity index is 844. The molecule has 3 aromatic rings. The van der Waals surface area contributed by atoms with E-state index in [0.717, 1.165) is 55.2 Å². The third kappa shape index (κ3) is 2.78. The van der Waals surface area contributed by atoms with Crippen LogP contribution in [0.3, 0.4) is 0 Å². The van der Waals surface area contributed by atoms with Gasteiger partial charge in [-0.05, 0) is 25.8 Å². The first-order chi connectivity index (χ1) is 11.7. The monoisotopic (exact) mass is 325 g/mol. The lowest BCUT2D eigenvalue weighted by Crippen LogP contribution is -2.28. The van der Waals surface area contributed by atoms with Crippen molar-refractivity contribution < 1.29 is 4.74 Å². The van der Waals surface area contributed by atoms with E-state index in [9.17, 15) is 0 Å². The molecule has 0 saturated carbocycles. The van der Waals surface area contributed by atoms with Gasteiger partial charge in [0.1, 0.15) is 11.5 Å². The van der Waals surface area contributed by atoms with Crippen LogP contribution in [0.5, 0.6) is 0 Å². The molecule has 1 N–H and O–H groups in total. The van der Waals surface area contributed by atoms with E-state index in [-0.39, 0.29) is 0 Å². The summed E-state index contributed by atoms with van der Waals surface area (Å²) >= 11 is 0. The zero-order valence-corrected chi connectivity index (χ0v) is 14.2. The Kier molecular flexibility index (Phi) is 3.98. The van der Waals surface area contributed by atoms with Crippen LogP contribution >= 0.6 is 0 Å². The van der Waals surface area contributed by atoms with Crippen LogP contribution in [0, 0.1) is 0 Å². The Morgan fingerprint density at radius 2 is 2.08 bits per heavy atom. The standard InChI is InChI=1S/C18H23N5O/c1-3-23-16-9-18(21-14-4-6-24-7-5-14)19-10-13(16)8-17(23)15-11-22(2)12-20-15/h8-12,14H,3-7H2,1-2H3,(H,19,21). The molecule has 126 valence electrons. The molecule has 4 heterocycles. The maximum Gasteiger partial charge on any atom is 0.128 e. The van der Waals surface area contributed by atoms with Gasteiger partial charge in [-0.15, -0.1) is 0 Å². The SMILES string of the molecule is CCn1c(-c2cn(C)cn2)cc2cnc(NC3CCOCC3)cc21. The number of nitrogens with zero attached hydrogens (tertiary/aromatic N) is 4. The van der Waals surface area contributed by atoms with Crippen LogP contribution in [0.1, 0.15) is 19.8 Å². The van der Waals surface area contributed by atoms with E-state index < -0.39 is 0 Å². The fraction of sp³-hybridized carbons (Fsp3) is 0.444. The summed E-state index contributed by atoms with van der Waals surface area (Å²) in [6.07, 6.45) is 7.91. The number of nitrogens with one attached hydrogen (secondary N) is 1. The molecule has 0 unspecified atom stereocenters. The first kappa shape index (κ1) is 15.2. The Labute approximate surface area is 141 Å². The maximum absolute atomic E-state index is 5.43. The molecule has 6 heteroatoms. The number of imidazole rings is 1. The van der Waals surface area contributed by atoms with Gasteiger partial charge in [0.2, 0.25) is 0 Å². The van der Waals surface area contributed by atoms with E-state index in [4.69, 9.17) is 4.74 Å². The van der Waals surface area contributed by atoms with Crippen LogP contribution in [0.15, 0.2) is 30.9 Å². The van der Waals surface area contributed by atoms with Crippen molar-refractivity contribution in [3.8, 4) is 11.4 Å². The van der Waals surface area contributed by atoms with Crippen LogP contribution in [0.2, 0.25) is 0 Å².